The Kier molecular flexibility index (Phi) is 4.75. The molecule has 0 unspecified atom stereocenters. The van der Waals surface area contributed by atoms with Gasteiger partial charge in [0.25, 0.3) is 0 Å². The Balaban J connectivity index is 1.93. The molecule has 33 heavy (non-hydrogen) atoms. The molecule has 0 radical (unpaired) electrons. The van der Waals surface area contributed by atoms with Crippen LogP contribution in [0.4, 0.5) is 5.95 Å². The number of hydrogen-bond donors (Lipinski definition) is 1. The second-order valence-electron chi connectivity index (χ2n) is 8.29. The van der Waals surface area contributed by atoms with Crippen molar-refractivity contribution in [3.05, 3.63) is 59.6 Å². The molecule has 1 N–H and O–H groups in total. The molecule has 8 nitrogen and oxygen atoms in total. The summed E-state index contributed by atoms with van der Waals surface area (Å²) in [6, 6.07) is 12.0. The van der Waals surface area contributed by atoms with Crippen molar-refractivity contribution in [1.29, 1.82) is 0 Å². The molecule has 2 aromatic carbocycles. The maximum absolute atomic E-state index is 12.0. The minimum atomic E-state index is -3.50. The van der Waals surface area contributed by atoms with Crippen molar-refractivity contribution in [1.82, 2.24) is 19.7 Å². The van der Waals surface area contributed by atoms with Crippen molar-refractivity contribution in [3.63, 3.8) is 0 Å². The highest BCUT2D eigenvalue weighted by Crippen LogP contribution is 2.40. The zero-order valence-electron chi connectivity index (χ0n) is 19.0. The Labute approximate surface area is 191 Å². The van der Waals surface area contributed by atoms with E-state index in [1.54, 1.807) is 17.8 Å². The van der Waals surface area contributed by atoms with Gasteiger partial charge in [0.05, 0.1) is 28.5 Å². The van der Waals surface area contributed by atoms with E-state index in [1.165, 1.54) is 0 Å². The molecule has 0 atom stereocenters. The van der Waals surface area contributed by atoms with Crippen molar-refractivity contribution in [2.24, 2.45) is 7.05 Å². The lowest BCUT2D eigenvalue weighted by Crippen LogP contribution is -2.13. The number of fused-ring (bicyclic) bond motifs is 2. The lowest BCUT2D eigenvalue weighted by molar-refractivity contribution is 0.393. The number of hydrogen-bond acceptors (Lipinski definition) is 6. The van der Waals surface area contributed by atoms with E-state index < -0.39 is 10.0 Å². The first kappa shape index (κ1) is 21.1. The van der Waals surface area contributed by atoms with Crippen LogP contribution in [-0.4, -0.2) is 34.4 Å². The Morgan fingerprint density at radius 1 is 1.03 bits per heavy atom. The van der Waals surface area contributed by atoms with E-state index in [-0.39, 0.29) is 5.95 Å². The van der Waals surface area contributed by atoms with Crippen molar-refractivity contribution in [2.45, 2.75) is 20.8 Å². The molecule has 0 fully saturated rings. The molecule has 0 bridgehead atoms. The molecule has 3 heterocycles. The fourth-order valence-electron chi connectivity index (χ4n) is 4.46. The summed E-state index contributed by atoms with van der Waals surface area (Å²) in [6.07, 6.45) is 2.89. The van der Waals surface area contributed by atoms with Crippen LogP contribution < -0.4 is 4.72 Å². The van der Waals surface area contributed by atoms with Crippen LogP contribution in [0.1, 0.15) is 17.0 Å². The summed E-state index contributed by atoms with van der Waals surface area (Å²) in [5.41, 5.74) is 7.96. The van der Waals surface area contributed by atoms with Gasteiger partial charge < -0.3 is 9.09 Å². The Bertz CT molecular complexity index is 1650. The number of anilines is 1. The van der Waals surface area contributed by atoms with Gasteiger partial charge in [0.15, 0.2) is 0 Å². The van der Waals surface area contributed by atoms with Gasteiger partial charge in [-0.2, -0.15) is 0 Å². The van der Waals surface area contributed by atoms with Crippen LogP contribution in [0.2, 0.25) is 0 Å². The SMILES string of the molecule is Cc1ccc2ncccc2c1-c1cc(-c2c(C)noc2C)cc2nc(NS(C)(=O)=O)n(C)c12. The van der Waals surface area contributed by atoms with Gasteiger partial charge in [-0.05, 0) is 61.7 Å². The summed E-state index contributed by atoms with van der Waals surface area (Å²) >= 11 is 0. The molecule has 0 aliphatic carbocycles. The number of sulfonamides is 1. The monoisotopic (exact) mass is 461 g/mol. The van der Waals surface area contributed by atoms with Gasteiger partial charge in [-0.1, -0.05) is 17.3 Å². The van der Waals surface area contributed by atoms with E-state index in [0.29, 0.717) is 11.3 Å². The van der Waals surface area contributed by atoms with Crippen LogP contribution in [0.5, 0.6) is 0 Å². The number of pyridine rings is 1. The van der Waals surface area contributed by atoms with Crippen LogP contribution in [0.15, 0.2) is 47.1 Å². The number of aromatic nitrogens is 4. The molecule has 0 saturated carbocycles. The number of nitrogens with one attached hydrogen (secondary N) is 1. The standard InChI is InChI=1S/C24H23N5O3S/c1-13-8-9-19-17(7-6-10-25-19)21(13)18-11-16(22-14(2)27-32-15(22)3)12-20-23(18)29(4)24(26-20)28-33(5,30)31/h6-12H,1-5H3,(H,26,28). The molecule has 0 saturated heterocycles. The van der Waals surface area contributed by atoms with Gasteiger partial charge in [-0.25, -0.2) is 13.4 Å². The average molecular weight is 462 g/mol. The molecule has 9 heteroatoms. The van der Waals surface area contributed by atoms with Crippen LogP contribution in [0, 0.1) is 20.8 Å². The summed E-state index contributed by atoms with van der Waals surface area (Å²) in [5, 5.41) is 5.12. The van der Waals surface area contributed by atoms with Gasteiger partial charge in [-0.3, -0.25) is 9.71 Å². The fraction of sp³-hybridized carbons (Fsp3) is 0.208. The molecule has 0 aliphatic heterocycles. The van der Waals surface area contributed by atoms with E-state index in [4.69, 9.17) is 4.52 Å². The van der Waals surface area contributed by atoms with Gasteiger partial charge in [0.2, 0.25) is 16.0 Å². The number of rotatable bonds is 4. The molecule has 5 rings (SSSR count). The Morgan fingerprint density at radius 3 is 2.52 bits per heavy atom. The van der Waals surface area contributed by atoms with Crippen LogP contribution in [0.3, 0.4) is 0 Å². The summed E-state index contributed by atoms with van der Waals surface area (Å²) in [5.74, 6) is 0.959. The number of benzene rings is 2. The third kappa shape index (κ3) is 3.54. The highest BCUT2D eigenvalue weighted by molar-refractivity contribution is 7.92. The smallest absolute Gasteiger partial charge is 0.232 e. The second kappa shape index (κ2) is 7.41. The molecule has 3 aromatic heterocycles. The van der Waals surface area contributed by atoms with Crippen molar-refractivity contribution in [2.75, 3.05) is 11.0 Å². The quantitative estimate of drug-likeness (QED) is 0.415. The van der Waals surface area contributed by atoms with E-state index in [9.17, 15) is 8.42 Å². The number of imidazole rings is 1. The first-order valence-electron chi connectivity index (χ1n) is 10.4. The van der Waals surface area contributed by atoms with Gasteiger partial charge in [0, 0.05) is 29.8 Å². The highest BCUT2D eigenvalue weighted by Gasteiger charge is 2.22. The molecule has 0 spiro atoms. The maximum Gasteiger partial charge on any atom is 0.232 e. The molecule has 168 valence electrons. The first-order chi connectivity index (χ1) is 15.6. The van der Waals surface area contributed by atoms with Gasteiger partial charge >= 0.3 is 0 Å². The largest absolute Gasteiger partial charge is 0.361 e. The maximum atomic E-state index is 12.0. The van der Waals surface area contributed by atoms with E-state index >= 15 is 0 Å². The summed E-state index contributed by atoms with van der Waals surface area (Å²) < 4.78 is 33.6. The summed E-state index contributed by atoms with van der Waals surface area (Å²) in [4.78, 5) is 9.16. The minimum Gasteiger partial charge on any atom is -0.361 e. The molecular formula is C24H23N5O3S. The third-order valence-electron chi connectivity index (χ3n) is 5.83. The minimum absolute atomic E-state index is 0.251. The highest BCUT2D eigenvalue weighted by atomic mass is 32.2. The zero-order valence-corrected chi connectivity index (χ0v) is 19.8. The van der Waals surface area contributed by atoms with Gasteiger partial charge in [0.1, 0.15) is 5.76 Å². The topological polar surface area (TPSA) is 103 Å². The molecule has 0 amide bonds. The third-order valence-corrected chi connectivity index (χ3v) is 6.38. The normalized spacial score (nSPS) is 12.0. The number of nitrogens with zero attached hydrogens (tertiary/aromatic N) is 4. The summed E-state index contributed by atoms with van der Waals surface area (Å²) in [6.45, 7) is 5.83. The van der Waals surface area contributed by atoms with Crippen LogP contribution in [0.25, 0.3) is 44.2 Å². The molecule has 5 aromatic rings. The van der Waals surface area contributed by atoms with E-state index in [1.807, 2.05) is 44.2 Å². The van der Waals surface area contributed by atoms with Crippen LogP contribution >= 0.6 is 0 Å². The first-order valence-corrected chi connectivity index (χ1v) is 12.3. The zero-order chi connectivity index (χ0) is 23.5. The number of aryl methyl sites for hydroxylation is 4. The molecular weight excluding hydrogens is 438 g/mol. The van der Waals surface area contributed by atoms with Crippen LogP contribution in [-0.2, 0) is 17.1 Å². The Hall–Kier alpha value is -3.72. The lowest BCUT2D eigenvalue weighted by atomic mass is 9.91. The Morgan fingerprint density at radius 2 is 1.82 bits per heavy atom. The average Bonchev–Trinajstić information content (AvgIpc) is 3.24. The van der Waals surface area contributed by atoms with Crippen molar-refractivity contribution < 1.29 is 12.9 Å². The van der Waals surface area contributed by atoms with Crippen molar-refractivity contribution >= 4 is 37.9 Å². The predicted octanol–water partition coefficient (Wildman–Crippen LogP) is 4.74. The van der Waals surface area contributed by atoms with Crippen molar-refractivity contribution in [3.8, 4) is 22.3 Å². The summed E-state index contributed by atoms with van der Waals surface area (Å²) in [7, 11) is -1.70. The second-order valence-corrected chi connectivity index (χ2v) is 10.0. The lowest BCUT2D eigenvalue weighted by Gasteiger charge is -2.14. The van der Waals surface area contributed by atoms with E-state index in [0.717, 1.165) is 56.2 Å². The van der Waals surface area contributed by atoms with Gasteiger partial charge in [-0.15, -0.1) is 0 Å². The predicted molar refractivity (Wildman–Crippen MR) is 130 cm³/mol. The van der Waals surface area contributed by atoms with E-state index in [2.05, 4.69) is 32.8 Å². The molecule has 0 aliphatic rings. The fourth-order valence-corrected chi connectivity index (χ4v) is 4.97.